The summed E-state index contributed by atoms with van der Waals surface area (Å²) < 4.78 is 18.6. The number of carbonyl (C=O) groups is 1. The molecule has 2 aromatic heterocycles. The number of hydrogen-bond acceptors (Lipinski definition) is 4. The first-order chi connectivity index (χ1) is 12.2. The zero-order valence-electron chi connectivity index (χ0n) is 13.4. The molecule has 25 heavy (non-hydrogen) atoms. The van der Waals surface area contributed by atoms with Gasteiger partial charge >= 0.3 is 0 Å². The lowest BCUT2D eigenvalue weighted by Gasteiger charge is -2.07. The zero-order chi connectivity index (χ0) is 17.5. The van der Waals surface area contributed by atoms with Crippen LogP contribution in [0.5, 0.6) is 5.88 Å². The molecule has 0 spiro atoms. The second kappa shape index (κ2) is 8.01. The summed E-state index contributed by atoms with van der Waals surface area (Å²) in [5.41, 5.74) is 1.91. The Bertz CT molecular complexity index is 839. The Kier molecular flexibility index (Phi) is 5.31. The number of carbonyl (C=O) groups excluding carboxylic acids is 1. The van der Waals surface area contributed by atoms with Crippen LogP contribution in [0.4, 0.5) is 4.39 Å². The summed E-state index contributed by atoms with van der Waals surface area (Å²) >= 11 is 0. The van der Waals surface area contributed by atoms with Gasteiger partial charge < -0.3 is 10.1 Å². The summed E-state index contributed by atoms with van der Waals surface area (Å²) in [6.45, 7) is 0.549. The Morgan fingerprint density at radius 2 is 2.00 bits per heavy atom. The molecule has 6 heteroatoms. The van der Waals surface area contributed by atoms with Crippen LogP contribution < -0.4 is 10.1 Å². The number of ether oxygens (including phenoxy) is 1. The molecule has 1 amide bonds. The van der Waals surface area contributed by atoms with Gasteiger partial charge in [0.1, 0.15) is 12.4 Å². The number of nitrogens with one attached hydrogen (secondary N) is 1. The van der Waals surface area contributed by atoms with Crippen LogP contribution in [0.15, 0.2) is 67.0 Å². The molecule has 1 N–H and O–H groups in total. The predicted molar refractivity (Wildman–Crippen MR) is 90.4 cm³/mol. The van der Waals surface area contributed by atoms with Crippen LogP contribution >= 0.6 is 0 Å². The monoisotopic (exact) mass is 337 g/mol. The van der Waals surface area contributed by atoms with Gasteiger partial charge in [-0.3, -0.25) is 9.78 Å². The van der Waals surface area contributed by atoms with Crippen LogP contribution in [0.3, 0.4) is 0 Å². The lowest BCUT2D eigenvalue weighted by Crippen LogP contribution is -2.23. The van der Waals surface area contributed by atoms with Gasteiger partial charge in [0, 0.05) is 18.5 Å². The minimum atomic E-state index is -0.311. The molecule has 0 bridgehead atoms. The first kappa shape index (κ1) is 16.6. The van der Waals surface area contributed by atoms with Crippen molar-refractivity contribution in [2.45, 2.75) is 13.2 Å². The number of amides is 1. The molecule has 0 fully saturated rings. The van der Waals surface area contributed by atoms with Gasteiger partial charge in [-0.2, -0.15) is 0 Å². The molecule has 0 unspecified atom stereocenters. The molecule has 0 atom stereocenters. The maximum absolute atomic E-state index is 13.1. The lowest BCUT2D eigenvalue weighted by molar-refractivity contribution is 0.0950. The molecule has 3 rings (SSSR count). The maximum Gasteiger partial charge on any atom is 0.253 e. The summed E-state index contributed by atoms with van der Waals surface area (Å²) in [5, 5.41) is 2.77. The van der Waals surface area contributed by atoms with Crippen LogP contribution in [0.1, 0.15) is 21.6 Å². The minimum Gasteiger partial charge on any atom is -0.473 e. The Hall–Kier alpha value is -3.28. The van der Waals surface area contributed by atoms with Crippen molar-refractivity contribution in [2.24, 2.45) is 0 Å². The Balaban J connectivity index is 1.53. The third kappa shape index (κ3) is 4.84. The number of pyridine rings is 2. The molecular weight excluding hydrogens is 321 g/mol. The molecule has 126 valence electrons. The summed E-state index contributed by atoms with van der Waals surface area (Å²) in [7, 11) is 0. The lowest BCUT2D eigenvalue weighted by atomic mass is 10.2. The average molecular weight is 337 g/mol. The molecule has 5 nitrogen and oxygen atoms in total. The van der Waals surface area contributed by atoms with Gasteiger partial charge in [0.15, 0.2) is 0 Å². The molecule has 0 aliphatic heterocycles. The van der Waals surface area contributed by atoms with E-state index in [9.17, 15) is 9.18 Å². The second-order valence-electron chi connectivity index (χ2n) is 5.31. The molecular formula is C19H16FN3O2. The highest BCUT2D eigenvalue weighted by Gasteiger charge is 2.07. The van der Waals surface area contributed by atoms with Crippen molar-refractivity contribution < 1.29 is 13.9 Å². The van der Waals surface area contributed by atoms with Gasteiger partial charge in [0.05, 0.1) is 17.8 Å². The predicted octanol–water partition coefficient (Wildman–Crippen LogP) is 3.12. The third-order valence-electron chi connectivity index (χ3n) is 3.43. The standard InChI is InChI=1S/C19H16FN3O2/c20-16-5-3-4-14(10-16)13-25-18-8-7-15(11-22-18)19(24)23-12-17-6-1-2-9-21-17/h1-11H,12-13H2,(H,23,24). The van der Waals surface area contributed by atoms with Gasteiger partial charge in [0.2, 0.25) is 5.88 Å². The van der Waals surface area contributed by atoms with Gasteiger partial charge in [-0.1, -0.05) is 18.2 Å². The van der Waals surface area contributed by atoms with Gasteiger partial charge in [-0.25, -0.2) is 9.37 Å². The van der Waals surface area contributed by atoms with Crippen LogP contribution in [-0.4, -0.2) is 15.9 Å². The topological polar surface area (TPSA) is 64.1 Å². The van der Waals surface area contributed by atoms with E-state index in [1.807, 2.05) is 18.2 Å². The maximum atomic E-state index is 13.1. The van der Waals surface area contributed by atoms with Crippen molar-refractivity contribution in [3.8, 4) is 5.88 Å². The number of hydrogen-bond donors (Lipinski definition) is 1. The summed E-state index contributed by atoms with van der Waals surface area (Å²) in [6.07, 6.45) is 3.11. The van der Waals surface area contributed by atoms with Gasteiger partial charge in [-0.15, -0.1) is 0 Å². The highest BCUT2D eigenvalue weighted by molar-refractivity contribution is 5.93. The van der Waals surface area contributed by atoms with Crippen LogP contribution in [0.25, 0.3) is 0 Å². The van der Waals surface area contributed by atoms with Crippen molar-refractivity contribution in [3.63, 3.8) is 0 Å². The first-order valence-corrected chi connectivity index (χ1v) is 7.72. The van der Waals surface area contributed by atoms with Crippen molar-refractivity contribution in [3.05, 3.63) is 89.6 Å². The molecule has 0 radical (unpaired) electrons. The average Bonchev–Trinajstić information content (AvgIpc) is 2.66. The number of nitrogens with zero attached hydrogens (tertiary/aromatic N) is 2. The Labute approximate surface area is 144 Å². The van der Waals surface area contributed by atoms with E-state index in [0.717, 1.165) is 5.69 Å². The normalized spacial score (nSPS) is 10.3. The van der Waals surface area contributed by atoms with E-state index in [1.54, 1.807) is 30.5 Å². The van der Waals surface area contributed by atoms with E-state index in [-0.39, 0.29) is 18.3 Å². The number of halogens is 1. The van der Waals surface area contributed by atoms with E-state index in [0.29, 0.717) is 23.6 Å². The zero-order valence-corrected chi connectivity index (χ0v) is 13.4. The van der Waals surface area contributed by atoms with Crippen molar-refractivity contribution >= 4 is 5.91 Å². The van der Waals surface area contributed by atoms with Crippen molar-refractivity contribution in [1.82, 2.24) is 15.3 Å². The van der Waals surface area contributed by atoms with Gasteiger partial charge in [-0.05, 0) is 35.9 Å². The second-order valence-corrected chi connectivity index (χ2v) is 5.31. The fourth-order valence-corrected chi connectivity index (χ4v) is 2.16. The SMILES string of the molecule is O=C(NCc1ccccn1)c1ccc(OCc2cccc(F)c2)nc1. The number of rotatable bonds is 6. The number of aromatic nitrogens is 2. The third-order valence-corrected chi connectivity index (χ3v) is 3.43. The molecule has 0 aliphatic rings. The Morgan fingerprint density at radius 3 is 2.72 bits per heavy atom. The van der Waals surface area contributed by atoms with E-state index in [2.05, 4.69) is 15.3 Å². The molecule has 0 aliphatic carbocycles. The fourth-order valence-electron chi connectivity index (χ4n) is 2.16. The van der Waals surface area contributed by atoms with E-state index >= 15 is 0 Å². The molecule has 1 aromatic carbocycles. The summed E-state index contributed by atoms with van der Waals surface area (Å²) in [6, 6.07) is 14.9. The van der Waals surface area contributed by atoms with Crippen LogP contribution in [0, 0.1) is 5.82 Å². The highest BCUT2D eigenvalue weighted by atomic mass is 19.1. The van der Waals surface area contributed by atoms with E-state index in [4.69, 9.17) is 4.74 Å². The quantitative estimate of drug-likeness (QED) is 0.751. The Morgan fingerprint density at radius 1 is 1.08 bits per heavy atom. The molecule has 0 saturated heterocycles. The largest absolute Gasteiger partial charge is 0.473 e. The summed E-state index contributed by atoms with van der Waals surface area (Å²) in [4.78, 5) is 20.3. The van der Waals surface area contributed by atoms with Crippen molar-refractivity contribution in [2.75, 3.05) is 0 Å². The van der Waals surface area contributed by atoms with Gasteiger partial charge in [0.25, 0.3) is 5.91 Å². The number of benzene rings is 1. The van der Waals surface area contributed by atoms with Crippen LogP contribution in [-0.2, 0) is 13.2 Å². The molecule has 2 heterocycles. The van der Waals surface area contributed by atoms with E-state index < -0.39 is 0 Å². The smallest absolute Gasteiger partial charge is 0.253 e. The van der Waals surface area contributed by atoms with Crippen molar-refractivity contribution in [1.29, 1.82) is 0 Å². The summed E-state index contributed by atoms with van der Waals surface area (Å²) in [5.74, 6) is -0.186. The van der Waals surface area contributed by atoms with E-state index in [1.165, 1.54) is 18.3 Å². The fraction of sp³-hybridized carbons (Fsp3) is 0.105. The van der Waals surface area contributed by atoms with Crippen LogP contribution in [0.2, 0.25) is 0 Å². The highest BCUT2D eigenvalue weighted by Crippen LogP contribution is 2.11. The molecule has 3 aromatic rings. The minimum absolute atomic E-state index is 0.204. The first-order valence-electron chi connectivity index (χ1n) is 7.72. The molecule has 0 saturated carbocycles.